The fraction of sp³-hybridized carbons (Fsp3) is 0.750. The molecule has 1 aliphatic carbocycles. The van der Waals surface area contributed by atoms with Gasteiger partial charge in [-0.2, -0.15) is 0 Å². The summed E-state index contributed by atoms with van der Waals surface area (Å²) in [6.45, 7) is 5.93. The number of rotatable bonds is 4. The zero-order valence-corrected chi connectivity index (χ0v) is 6.43. The molecule has 2 N–H and O–H groups in total. The number of hydrogen-bond acceptors (Lipinski definition) is 2. The van der Waals surface area contributed by atoms with Gasteiger partial charge in [-0.1, -0.05) is 6.08 Å². The molecule has 0 heterocycles. The molecule has 0 aromatic carbocycles. The molecule has 1 unspecified atom stereocenters. The van der Waals surface area contributed by atoms with Crippen LogP contribution in [0, 0.1) is 0 Å². The van der Waals surface area contributed by atoms with Crippen LogP contribution in [-0.4, -0.2) is 23.3 Å². The molecule has 1 aliphatic rings. The average molecular weight is 141 g/mol. The molecule has 0 spiro atoms. The smallest absolute Gasteiger partial charge is 0.0920 e. The molecule has 0 radical (unpaired) electrons. The van der Waals surface area contributed by atoms with E-state index in [4.69, 9.17) is 0 Å². The summed E-state index contributed by atoms with van der Waals surface area (Å²) < 4.78 is 0. The Kier molecular flexibility index (Phi) is 2.11. The standard InChI is InChI=1S/C8H15NO/c1-3-8(2,10)6-9-7-4-5-7/h3,7,9-10H,1,4-6H2,2H3. The SMILES string of the molecule is C=CC(C)(O)CNC1CC1. The molecule has 0 amide bonds. The second-order valence-electron chi connectivity index (χ2n) is 3.22. The minimum atomic E-state index is -0.734. The molecule has 0 bridgehead atoms. The first-order valence-electron chi connectivity index (χ1n) is 3.73. The Bertz CT molecular complexity index is 127. The Morgan fingerprint density at radius 2 is 2.40 bits per heavy atom. The van der Waals surface area contributed by atoms with E-state index in [1.54, 1.807) is 13.0 Å². The van der Waals surface area contributed by atoms with Crippen LogP contribution in [0.15, 0.2) is 12.7 Å². The molecule has 2 heteroatoms. The molecule has 0 aliphatic heterocycles. The molecule has 2 nitrogen and oxygen atoms in total. The van der Waals surface area contributed by atoms with E-state index in [9.17, 15) is 5.11 Å². The zero-order valence-electron chi connectivity index (χ0n) is 6.43. The van der Waals surface area contributed by atoms with E-state index in [2.05, 4.69) is 11.9 Å². The maximum atomic E-state index is 9.42. The van der Waals surface area contributed by atoms with Crippen molar-refractivity contribution in [3.63, 3.8) is 0 Å². The highest BCUT2D eigenvalue weighted by Gasteiger charge is 2.24. The predicted molar refractivity (Wildman–Crippen MR) is 41.8 cm³/mol. The Balaban J connectivity index is 2.14. The van der Waals surface area contributed by atoms with Crippen LogP contribution in [0.4, 0.5) is 0 Å². The van der Waals surface area contributed by atoms with Gasteiger partial charge in [0.2, 0.25) is 0 Å². The molecular weight excluding hydrogens is 126 g/mol. The van der Waals surface area contributed by atoms with Crippen molar-refractivity contribution in [2.45, 2.75) is 31.4 Å². The third-order valence-corrected chi connectivity index (χ3v) is 1.77. The Morgan fingerprint density at radius 1 is 1.80 bits per heavy atom. The van der Waals surface area contributed by atoms with Crippen LogP contribution in [0.1, 0.15) is 19.8 Å². The number of aliphatic hydroxyl groups is 1. The lowest BCUT2D eigenvalue weighted by molar-refractivity contribution is 0.110. The Labute approximate surface area is 61.9 Å². The van der Waals surface area contributed by atoms with Gasteiger partial charge in [0.15, 0.2) is 0 Å². The molecular formula is C8H15NO. The van der Waals surface area contributed by atoms with Gasteiger partial charge < -0.3 is 10.4 Å². The zero-order chi connectivity index (χ0) is 7.61. The lowest BCUT2D eigenvalue weighted by Crippen LogP contribution is -2.36. The molecule has 0 saturated heterocycles. The minimum Gasteiger partial charge on any atom is -0.385 e. The molecule has 0 aromatic heterocycles. The van der Waals surface area contributed by atoms with Crippen molar-refractivity contribution in [2.24, 2.45) is 0 Å². The lowest BCUT2D eigenvalue weighted by Gasteiger charge is -2.18. The maximum Gasteiger partial charge on any atom is 0.0920 e. The summed E-state index contributed by atoms with van der Waals surface area (Å²) in [5.41, 5.74) is -0.734. The van der Waals surface area contributed by atoms with Gasteiger partial charge in [-0.05, 0) is 19.8 Å². The first-order valence-corrected chi connectivity index (χ1v) is 3.73. The van der Waals surface area contributed by atoms with Gasteiger partial charge in [-0.25, -0.2) is 0 Å². The van der Waals surface area contributed by atoms with E-state index in [0.717, 1.165) is 0 Å². The molecule has 10 heavy (non-hydrogen) atoms. The van der Waals surface area contributed by atoms with Crippen LogP contribution in [0.3, 0.4) is 0 Å². The van der Waals surface area contributed by atoms with Crippen molar-refractivity contribution >= 4 is 0 Å². The van der Waals surface area contributed by atoms with Gasteiger partial charge in [0, 0.05) is 12.6 Å². The Morgan fingerprint density at radius 3 is 2.80 bits per heavy atom. The van der Waals surface area contributed by atoms with Crippen LogP contribution in [0.25, 0.3) is 0 Å². The average Bonchev–Trinajstić information content (AvgIpc) is 2.66. The fourth-order valence-corrected chi connectivity index (χ4v) is 0.711. The van der Waals surface area contributed by atoms with Crippen molar-refractivity contribution in [3.05, 3.63) is 12.7 Å². The van der Waals surface area contributed by atoms with Crippen LogP contribution in [0.5, 0.6) is 0 Å². The van der Waals surface area contributed by atoms with Gasteiger partial charge in [-0.15, -0.1) is 6.58 Å². The summed E-state index contributed by atoms with van der Waals surface area (Å²) in [4.78, 5) is 0. The van der Waals surface area contributed by atoms with Crippen molar-refractivity contribution in [3.8, 4) is 0 Å². The lowest BCUT2D eigenvalue weighted by atomic mass is 10.1. The molecule has 58 valence electrons. The summed E-state index contributed by atoms with van der Waals surface area (Å²) in [6.07, 6.45) is 4.09. The highest BCUT2D eigenvalue weighted by molar-refractivity contribution is 4.95. The van der Waals surface area contributed by atoms with Gasteiger partial charge in [-0.3, -0.25) is 0 Å². The van der Waals surface area contributed by atoms with Crippen LogP contribution >= 0.6 is 0 Å². The van der Waals surface area contributed by atoms with Gasteiger partial charge in [0.25, 0.3) is 0 Å². The number of nitrogens with one attached hydrogen (secondary N) is 1. The molecule has 1 rings (SSSR count). The van der Waals surface area contributed by atoms with Gasteiger partial charge in [0.05, 0.1) is 5.60 Å². The van der Waals surface area contributed by atoms with Crippen molar-refractivity contribution in [1.29, 1.82) is 0 Å². The fourth-order valence-electron chi connectivity index (χ4n) is 0.711. The summed E-state index contributed by atoms with van der Waals surface area (Å²) in [5.74, 6) is 0. The van der Waals surface area contributed by atoms with Crippen molar-refractivity contribution in [1.82, 2.24) is 5.32 Å². The van der Waals surface area contributed by atoms with E-state index in [-0.39, 0.29) is 0 Å². The maximum absolute atomic E-state index is 9.42. The molecule has 1 fully saturated rings. The van der Waals surface area contributed by atoms with Crippen LogP contribution in [-0.2, 0) is 0 Å². The van der Waals surface area contributed by atoms with E-state index in [1.807, 2.05) is 0 Å². The molecule has 1 saturated carbocycles. The van der Waals surface area contributed by atoms with Crippen molar-refractivity contribution in [2.75, 3.05) is 6.54 Å². The van der Waals surface area contributed by atoms with E-state index in [0.29, 0.717) is 12.6 Å². The second kappa shape index (κ2) is 2.72. The van der Waals surface area contributed by atoms with Crippen molar-refractivity contribution < 1.29 is 5.11 Å². The second-order valence-corrected chi connectivity index (χ2v) is 3.22. The topological polar surface area (TPSA) is 32.3 Å². The summed E-state index contributed by atoms with van der Waals surface area (Å²) >= 11 is 0. The first kappa shape index (κ1) is 7.76. The highest BCUT2D eigenvalue weighted by Crippen LogP contribution is 2.19. The largest absolute Gasteiger partial charge is 0.385 e. The van der Waals surface area contributed by atoms with Crippen LogP contribution in [0.2, 0.25) is 0 Å². The Hall–Kier alpha value is -0.340. The van der Waals surface area contributed by atoms with E-state index >= 15 is 0 Å². The quantitative estimate of drug-likeness (QED) is 0.564. The third-order valence-electron chi connectivity index (χ3n) is 1.77. The van der Waals surface area contributed by atoms with Gasteiger partial charge in [0.1, 0.15) is 0 Å². The molecule has 1 atom stereocenters. The first-order chi connectivity index (χ1) is 4.64. The summed E-state index contributed by atoms with van der Waals surface area (Å²) in [6, 6.07) is 0.659. The molecule has 0 aromatic rings. The van der Waals surface area contributed by atoms with Crippen LogP contribution < -0.4 is 5.32 Å². The minimum absolute atomic E-state index is 0.626. The van der Waals surface area contributed by atoms with E-state index < -0.39 is 5.60 Å². The van der Waals surface area contributed by atoms with E-state index in [1.165, 1.54) is 12.8 Å². The monoisotopic (exact) mass is 141 g/mol. The predicted octanol–water partition coefficient (Wildman–Crippen LogP) is 0.675. The summed E-state index contributed by atoms with van der Waals surface area (Å²) in [7, 11) is 0. The van der Waals surface area contributed by atoms with Gasteiger partial charge >= 0.3 is 0 Å². The highest BCUT2D eigenvalue weighted by atomic mass is 16.3. The third kappa shape index (κ3) is 2.50. The summed E-state index contributed by atoms with van der Waals surface area (Å²) in [5, 5.41) is 12.6. The number of hydrogen-bond donors (Lipinski definition) is 2. The normalized spacial score (nSPS) is 23.8.